The van der Waals surface area contributed by atoms with Crippen molar-refractivity contribution >= 4 is 38.1 Å². The normalized spacial score (nSPS) is 21.8. The highest BCUT2D eigenvalue weighted by molar-refractivity contribution is 7.89. The standard InChI is InChI=1S/C21H26FN5O5S2/c1-26(2)15-7-9-27(12-15)34(29,30)17-5-3-14(4-6-17)19(25-32-16-8-10-31-13-16)20(28)24-21-23-11-18(22)33-21/h3-6,11,15-16H,7-10,12-13H2,1-2H3,(H,23,24,28)/t15-,16-/m1/s1. The van der Waals surface area contributed by atoms with Gasteiger partial charge in [0.2, 0.25) is 10.0 Å². The number of nitrogens with zero attached hydrogens (tertiary/aromatic N) is 4. The summed E-state index contributed by atoms with van der Waals surface area (Å²) < 4.78 is 46.2. The molecule has 1 aromatic heterocycles. The Labute approximate surface area is 201 Å². The number of oxime groups is 1. The Kier molecular flexibility index (Phi) is 7.57. The third-order valence-corrected chi connectivity index (χ3v) is 8.30. The molecule has 1 amide bonds. The third-order valence-electron chi connectivity index (χ3n) is 5.72. The number of aromatic nitrogens is 1. The monoisotopic (exact) mass is 511 g/mol. The van der Waals surface area contributed by atoms with Gasteiger partial charge in [-0.05, 0) is 32.6 Å². The van der Waals surface area contributed by atoms with Gasteiger partial charge in [0, 0.05) is 31.1 Å². The number of carbonyl (C=O) groups is 1. The third kappa shape index (κ3) is 5.61. The lowest BCUT2D eigenvalue weighted by Crippen LogP contribution is -2.34. The van der Waals surface area contributed by atoms with Crippen molar-refractivity contribution in [1.82, 2.24) is 14.2 Å². The molecule has 2 aromatic rings. The summed E-state index contributed by atoms with van der Waals surface area (Å²) in [6, 6.07) is 6.06. The molecule has 13 heteroatoms. The molecule has 2 aliphatic heterocycles. The molecule has 1 N–H and O–H groups in total. The Bertz CT molecular complexity index is 1150. The van der Waals surface area contributed by atoms with Crippen LogP contribution < -0.4 is 5.32 Å². The molecule has 2 saturated heterocycles. The number of carbonyl (C=O) groups excluding carboxylic acids is 1. The van der Waals surface area contributed by atoms with Crippen LogP contribution in [0.4, 0.5) is 9.52 Å². The second-order valence-electron chi connectivity index (χ2n) is 8.25. The van der Waals surface area contributed by atoms with E-state index < -0.39 is 21.1 Å². The van der Waals surface area contributed by atoms with Crippen LogP contribution in [0.5, 0.6) is 0 Å². The number of ether oxygens (including phenoxy) is 1. The zero-order valence-corrected chi connectivity index (χ0v) is 20.4. The second kappa shape index (κ2) is 10.4. The number of halogens is 1. The van der Waals surface area contributed by atoms with Crippen LogP contribution in [0.2, 0.25) is 0 Å². The fraction of sp³-hybridized carbons (Fsp3) is 0.476. The second-order valence-corrected chi connectivity index (χ2v) is 11.2. The molecule has 4 rings (SSSR count). The molecular formula is C21H26FN5O5S2. The first-order valence-electron chi connectivity index (χ1n) is 10.8. The molecule has 10 nitrogen and oxygen atoms in total. The average molecular weight is 512 g/mol. The van der Waals surface area contributed by atoms with E-state index >= 15 is 0 Å². The Hall–Kier alpha value is -2.45. The Balaban J connectivity index is 1.55. The van der Waals surface area contributed by atoms with Gasteiger partial charge in [-0.3, -0.25) is 10.1 Å². The Morgan fingerprint density at radius 3 is 2.68 bits per heavy atom. The molecule has 0 saturated carbocycles. The quantitative estimate of drug-likeness (QED) is 0.424. The maximum atomic E-state index is 13.3. The van der Waals surface area contributed by atoms with E-state index in [1.807, 2.05) is 19.0 Å². The van der Waals surface area contributed by atoms with Crippen molar-refractivity contribution in [3.8, 4) is 0 Å². The summed E-state index contributed by atoms with van der Waals surface area (Å²) >= 11 is 0.680. The van der Waals surface area contributed by atoms with E-state index in [1.165, 1.54) is 28.6 Å². The average Bonchev–Trinajstić information content (AvgIpc) is 3.57. The van der Waals surface area contributed by atoms with Crippen molar-refractivity contribution in [2.24, 2.45) is 5.16 Å². The first kappa shape index (κ1) is 24.7. The summed E-state index contributed by atoms with van der Waals surface area (Å²) in [5, 5.41) is 6.05. The molecule has 3 heterocycles. The SMILES string of the molecule is CN(C)[C@@H]1CCN(S(=O)(=O)c2ccc(C(=NO[C@@H]3CCOC3)C(=O)Nc3ncc(F)s3)cc2)C1. The minimum atomic E-state index is -3.67. The minimum Gasteiger partial charge on any atom is -0.389 e. The highest BCUT2D eigenvalue weighted by atomic mass is 32.2. The Morgan fingerprint density at radius 2 is 2.09 bits per heavy atom. The van der Waals surface area contributed by atoms with Gasteiger partial charge in [-0.2, -0.15) is 8.70 Å². The van der Waals surface area contributed by atoms with E-state index in [4.69, 9.17) is 9.57 Å². The smallest absolute Gasteiger partial charge is 0.280 e. The fourth-order valence-corrected chi connectivity index (χ4v) is 5.73. The molecule has 0 radical (unpaired) electrons. The van der Waals surface area contributed by atoms with E-state index in [9.17, 15) is 17.6 Å². The van der Waals surface area contributed by atoms with Crippen molar-refractivity contribution in [1.29, 1.82) is 0 Å². The molecule has 2 aliphatic rings. The summed E-state index contributed by atoms with van der Waals surface area (Å²) in [6.45, 7) is 1.77. The molecule has 0 aliphatic carbocycles. The van der Waals surface area contributed by atoms with Gasteiger partial charge in [0.25, 0.3) is 5.91 Å². The van der Waals surface area contributed by atoms with Gasteiger partial charge in [-0.25, -0.2) is 13.4 Å². The Morgan fingerprint density at radius 1 is 1.32 bits per heavy atom. The molecule has 1 aromatic carbocycles. The van der Waals surface area contributed by atoms with E-state index in [0.717, 1.165) is 12.6 Å². The van der Waals surface area contributed by atoms with Crippen molar-refractivity contribution in [3.63, 3.8) is 0 Å². The van der Waals surface area contributed by atoms with Gasteiger partial charge in [-0.1, -0.05) is 28.6 Å². The number of anilines is 1. The zero-order valence-electron chi connectivity index (χ0n) is 18.8. The van der Waals surface area contributed by atoms with Crippen LogP contribution in [0.25, 0.3) is 0 Å². The van der Waals surface area contributed by atoms with Crippen molar-refractivity contribution in [2.45, 2.75) is 29.9 Å². The van der Waals surface area contributed by atoms with Gasteiger partial charge >= 0.3 is 0 Å². The number of sulfonamides is 1. The summed E-state index contributed by atoms with van der Waals surface area (Å²) in [4.78, 5) is 24.3. The minimum absolute atomic E-state index is 0.0723. The molecule has 2 atom stereocenters. The number of nitrogens with one attached hydrogen (secondary N) is 1. The number of amides is 1. The number of hydrogen-bond acceptors (Lipinski definition) is 9. The molecule has 0 bridgehead atoms. The first-order valence-corrected chi connectivity index (χ1v) is 13.0. The van der Waals surface area contributed by atoms with Crippen LogP contribution in [-0.2, 0) is 24.4 Å². The fourth-order valence-electron chi connectivity index (χ4n) is 3.70. The molecule has 2 fully saturated rings. The maximum Gasteiger partial charge on any atom is 0.280 e. The predicted molar refractivity (Wildman–Crippen MR) is 125 cm³/mol. The predicted octanol–water partition coefficient (Wildman–Crippen LogP) is 1.76. The van der Waals surface area contributed by atoms with Crippen LogP contribution in [-0.4, -0.2) is 86.8 Å². The largest absolute Gasteiger partial charge is 0.389 e. The number of thiazole rings is 1. The van der Waals surface area contributed by atoms with Gasteiger partial charge < -0.3 is 14.5 Å². The summed E-state index contributed by atoms with van der Waals surface area (Å²) in [5.41, 5.74) is 0.264. The molecular weight excluding hydrogens is 485 g/mol. The lowest BCUT2D eigenvalue weighted by molar-refractivity contribution is -0.110. The van der Waals surface area contributed by atoms with Crippen molar-refractivity contribution in [3.05, 3.63) is 41.2 Å². The van der Waals surface area contributed by atoms with Crippen molar-refractivity contribution < 1.29 is 27.2 Å². The van der Waals surface area contributed by atoms with Gasteiger partial charge in [0.1, 0.15) is 0 Å². The maximum absolute atomic E-state index is 13.3. The van der Waals surface area contributed by atoms with Crippen LogP contribution in [0.3, 0.4) is 0 Å². The van der Waals surface area contributed by atoms with Gasteiger partial charge in [0.15, 0.2) is 22.1 Å². The lowest BCUT2D eigenvalue weighted by atomic mass is 10.1. The highest BCUT2D eigenvalue weighted by Crippen LogP contribution is 2.24. The van der Waals surface area contributed by atoms with Crippen LogP contribution in [0.15, 0.2) is 40.5 Å². The summed E-state index contributed by atoms with van der Waals surface area (Å²) in [5.74, 6) is -0.655. The summed E-state index contributed by atoms with van der Waals surface area (Å²) in [7, 11) is 0.193. The van der Waals surface area contributed by atoms with Crippen LogP contribution >= 0.6 is 11.3 Å². The lowest BCUT2D eigenvalue weighted by Gasteiger charge is -2.20. The summed E-state index contributed by atoms with van der Waals surface area (Å²) in [6.07, 6.45) is 2.11. The topological polar surface area (TPSA) is 113 Å². The van der Waals surface area contributed by atoms with Crippen molar-refractivity contribution in [2.75, 3.05) is 45.7 Å². The van der Waals surface area contributed by atoms with E-state index in [1.54, 1.807) is 0 Å². The molecule has 0 spiro atoms. The number of likely N-dealkylation sites (N-methyl/N-ethyl adjacent to an activating group) is 1. The zero-order chi connectivity index (χ0) is 24.3. The first-order chi connectivity index (χ1) is 16.2. The van der Waals surface area contributed by atoms with Crippen LogP contribution in [0, 0.1) is 5.13 Å². The molecule has 184 valence electrons. The molecule has 34 heavy (non-hydrogen) atoms. The number of benzene rings is 1. The van der Waals surface area contributed by atoms with Gasteiger partial charge in [0.05, 0.1) is 24.3 Å². The van der Waals surface area contributed by atoms with E-state index in [0.29, 0.717) is 49.6 Å². The highest BCUT2D eigenvalue weighted by Gasteiger charge is 2.33. The van der Waals surface area contributed by atoms with Gasteiger partial charge in [-0.15, -0.1) is 0 Å². The van der Waals surface area contributed by atoms with Crippen LogP contribution in [0.1, 0.15) is 18.4 Å². The molecule has 0 unspecified atom stereocenters. The van der Waals surface area contributed by atoms with E-state index in [-0.39, 0.29) is 27.9 Å². The number of hydrogen-bond donors (Lipinski definition) is 1. The van der Waals surface area contributed by atoms with E-state index in [2.05, 4.69) is 15.5 Å². The number of rotatable bonds is 8.